The van der Waals surface area contributed by atoms with E-state index in [4.69, 9.17) is 4.98 Å². The molecule has 1 saturated carbocycles. The van der Waals surface area contributed by atoms with Crippen molar-refractivity contribution < 1.29 is 0 Å². The van der Waals surface area contributed by atoms with Crippen LogP contribution in [0, 0.1) is 0 Å². The van der Waals surface area contributed by atoms with E-state index in [9.17, 15) is 0 Å². The molecule has 0 saturated heterocycles. The van der Waals surface area contributed by atoms with E-state index >= 15 is 0 Å². The molecule has 1 aromatic rings. The monoisotopic (exact) mass is 208 g/mol. The minimum Gasteiger partial charge on any atom is -0.311 e. The third kappa shape index (κ3) is 1.48. The Balaban J connectivity index is 1.87. The molecule has 2 nitrogen and oxygen atoms in total. The smallest absolute Gasteiger partial charge is 0.0962 e. The largest absolute Gasteiger partial charge is 0.311 e. The van der Waals surface area contributed by atoms with Gasteiger partial charge in [0.15, 0.2) is 0 Å². The van der Waals surface area contributed by atoms with Crippen LogP contribution in [0.15, 0.2) is 0 Å². The van der Waals surface area contributed by atoms with E-state index in [0.29, 0.717) is 0 Å². The van der Waals surface area contributed by atoms with Crippen molar-refractivity contribution in [3.63, 3.8) is 0 Å². The number of hydrogen-bond donors (Lipinski definition) is 1. The highest BCUT2D eigenvalue weighted by atomic mass is 32.1. The molecule has 3 rings (SSSR count). The molecule has 76 valence electrons. The molecule has 14 heavy (non-hydrogen) atoms. The average molecular weight is 208 g/mol. The van der Waals surface area contributed by atoms with Gasteiger partial charge in [-0.05, 0) is 12.8 Å². The molecule has 1 aliphatic heterocycles. The molecule has 1 N–H and O–H groups in total. The van der Waals surface area contributed by atoms with E-state index in [1.807, 2.05) is 11.3 Å². The number of rotatable bonds is 1. The van der Waals surface area contributed by atoms with Gasteiger partial charge in [-0.15, -0.1) is 11.3 Å². The molecule has 1 aromatic heterocycles. The lowest BCUT2D eigenvalue weighted by Crippen LogP contribution is -2.22. The van der Waals surface area contributed by atoms with E-state index < -0.39 is 0 Å². The van der Waals surface area contributed by atoms with E-state index in [1.54, 1.807) is 0 Å². The molecule has 0 amide bonds. The van der Waals surface area contributed by atoms with Crippen molar-refractivity contribution in [2.75, 3.05) is 6.54 Å². The van der Waals surface area contributed by atoms with Gasteiger partial charge in [0.2, 0.25) is 0 Å². The summed E-state index contributed by atoms with van der Waals surface area (Å²) < 4.78 is 0. The van der Waals surface area contributed by atoms with E-state index in [1.165, 1.54) is 41.3 Å². The Morgan fingerprint density at radius 3 is 2.93 bits per heavy atom. The molecule has 0 aromatic carbocycles. The van der Waals surface area contributed by atoms with Crippen LogP contribution in [-0.4, -0.2) is 11.5 Å². The first kappa shape index (κ1) is 8.86. The number of fused-ring (bicyclic) bond motifs is 1. The van der Waals surface area contributed by atoms with Crippen LogP contribution in [0.3, 0.4) is 0 Å². The zero-order chi connectivity index (χ0) is 9.38. The van der Waals surface area contributed by atoms with E-state index in [0.717, 1.165) is 25.4 Å². The molecule has 2 heterocycles. The molecular formula is C11H16N2S. The Morgan fingerprint density at radius 1 is 1.29 bits per heavy atom. The molecular weight excluding hydrogens is 192 g/mol. The summed E-state index contributed by atoms with van der Waals surface area (Å²) in [5.74, 6) is 0.797. The van der Waals surface area contributed by atoms with Crippen molar-refractivity contribution in [1.29, 1.82) is 0 Å². The summed E-state index contributed by atoms with van der Waals surface area (Å²) >= 11 is 1.96. The molecule has 0 radical (unpaired) electrons. The Morgan fingerprint density at radius 2 is 2.14 bits per heavy atom. The third-order valence-electron chi connectivity index (χ3n) is 3.32. The molecule has 0 atom stereocenters. The van der Waals surface area contributed by atoms with Crippen LogP contribution in [-0.2, 0) is 13.0 Å². The lowest BCUT2D eigenvalue weighted by Gasteiger charge is -2.09. The molecule has 1 fully saturated rings. The van der Waals surface area contributed by atoms with E-state index in [2.05, 4.69) is 5.32 Å². The number of thiazole rings is 1. The van der Waals surface area contributed by atoms with Gasteiger partial charge in [-0.25, -0.2) is 4.98 Å². The van der Waals surface area contributed by atoms with Gasteiger partial charge in [-0.3, -0.25) is 0 Å². The zero-order valence-corrected chi connectivity index (χ0v) is 9.20. The predicted molar refractivity (Wildman–Crippen MR) is 58.7 cm³/mol. The quantitative estimate of drug-likeness (QED) is 0.767. The second kappa shape index (κ2) is 3.63. The first-order valence-electron chi connectivity index (χ1n) is 5.62. The summed E-state index contributed by atoms with van der Waals surface area (Å²) in [7, 11) is 0. The molecule has 0 bridgehead atoms. The number of aromatic nitrogens is 1. The normalized spacial score (nSPS) is 22.6. The SMILES string of the molecule is C1CCC(c2nc3c(s2)CNCC3)C1. The molecule has 0 unspecified atom stereocenters. The highest BCUT2D eigenvalue weighted by molar-refractivity contribution is 7.11. The van der Waals surface area contributed by atoms with Crippen LogP contribution < -0.4 is 5.32 Å². The Kier molecular flexibility index (Phi) is 2.30. The van der Waals surface area contributed by atoms with Crippen LogP contribution in [0.4, 0.5) is 0 Å². The fourth-order valence-electron chi connectivity index (χ4n) is 2.49. The molecule has 1 aliphatic carbocycles. The summed E-state index contributed by atoms with van der Waals surface area (Å²) in [5, 5.41) is 4.84. The van der Waals surface area contributed by atoms with Gasteiger partial charge in [0, 0.05) is 30.3 Å². The van der Waals surface area contributed by atoms with Gasteiger partial charge in [-0.1, -0.05) is 12.8 Å². The van der Waals surface area contributed by atoms with Gasteiger partial charge in [0.25, 0.3) is 0 Å². The Bertz CT molecular complexity index is 303. The fourth-order valence-corrected chi connectivity index (χ4v) is 3.74. The first-order valence-corrected chi connectivity index (χ1v) is 6.44. The standard InChI is InChI=1S/C11H16N2S/c1-2-4-8(3-1)11-13-9-5-6-12-7-10(9)14-11/h8,12H,1-7H2. The lowest BCUT2D eigenvalue weighted by atomic mass is 10.1. The van der Waals surface area contributed by atoms with Gasteiger partial charge < -0.3 is 5.32 Å². The maximum atomic E-state index is 4.81. The Labute approximate surface area is 88.7 Å². The average Bonchev–Trinajstić information content (AvgIpc) is 2.86. The third-order valence-corrected chi connectivity index (χ3v) is 4.58. The van der Waals surface area contributed by atoms with Crippen LogP contribution in [0.25, 0.3) is 0 Å². The summed E-state index contributed by atoms with van der Waals surface area (Å²) in [4.78, 5) is 6.31. The second-order valence-corrected chi connectivity index (χ2v) is 5.45. The predicted octanol–water partition coefficient (Wildman–Crippen LogP) is 2.45. The van der Waals surface area contributed by atoms with E-state index in [-0.39, 0.29) is 0 Å². The van der Waals surface area contributed by atoms with Gasteiger partial charge in [0.1, 0.15) is 0 Å². The molecule has 3 heteroatoms. The summed E-state index contributed by atoms with van der Waals surface area (Å²) in [6.45, 7) is 2.17. The second-order valence-electron chi connectivity index (χ2n) is 4.33. The van der Waals surface area contributed by atoms with Crippen molar-refractivity contribution >= 4 is 11.3 Å². The fraction of sp³-hybridized carbons (Fsp3) is 0.727. The number of nitrogens with one attached hydrogen (secondary N) is 1. The summed E-state index contributed by atoms with van der Waals surface area (Å²) in [5.41, 5.74) is 1.38. The van der Waals surface area contributed by atoms with Gasteiger partial charge >= 0.3 is 0 Å². The van der Waals surface area contributed by atoms with Crippen LogP contribution in [0.5, 0.6) is 0 Å². The van der Waals surface area contributed by atoms with Crippen LogP contribution in [0.2, 0.25) is 0 Å². The summed E-state index contributed by atoms with van der Waals surface area (Å²) in [6, 6.07) is 0. The zero-order valence-electron chi connectivity index (χ0n) is 8.38. The van der Waals surface area contributed by atoms with Crippen LogP contribution >= 0.6 is 11.3 Å². The van der Waals surface area contributed by atoms with Crippen molar-refractivity contribution in [3.05, 3.63) is 15.6 Å². The van der Waals surface area contributed by atoms with Gasteiger partial charge in [-0.2, -0.15) is 0 Å². The van der Waals surface area contributed by atoms with Crippen molar-refractivity contribution in [1.82, 2.24) is 10.3 Å². The summed E-state index contributed by atoms with van der Waals surface area (Å²) in [6.07, 6.45) is 6.71. The maximum Gasteiger partial charge on any atom is 0.0962 e. The van der Waals surface area contributed by atoms with Crippen molar-refractivity contribution in [3.8, 4) is 0 Å². The first-order chi connectivity index (χ1) is 6.93. The number of nitrogens with zero attached hydrogens (tertiary/aromatic N) is 1. The van der Waals surface area contributed by atoms with Crippen molar-refractivity contribution in [2.45, 2.75) is 44.6 Å². The molecule has 0 spiro atoms. The Hall–Kier alpha value is -0.410. The lowest BCUT2D eigenvalue weighted by molar-refractivity contribution is 0.638. The van der Waals surface area contributed by atoms with Gasteiger partial charge in [0.05, 0.1) is 10.7 Å². The number of hydrogen-bond acceptors (Lipinski definition) is 3. The maximum absolute atomic E-state index is 4.81. The highest BCUT2D eigenvalue weighted by Crippen LogP contribution is 2.37. The molecule has 2 aliphatic rings. The minimum atomic E-state index is 0.797. The van der Waals surface area contributed by atoms with Crippen LogP contribution in [0.1, 0.15) is 47.2 Å². The van der Waals surface area contributed by atoms with Crippen molar-refractivity contribution in [2.24, 2.45) is 0 Å². The highest BCUT2D eigenvalue weighted by Gasteiger charge is 2.23. The topological polar surface area (TPSA) is 24.9 Å². The minimum absolute atomic E-state index is 0.797.